The predicted octanol–water partition coefficient (Wildman–Crippen LogP) is 4.53. The van der Waals surface area contributed by atoms with Gasteiger partial charge in [-0.15, -0.1) is 0 Å². The van der Waals surface area contributed by atoms with Crippen LogP contribution >= 0.6 is 15.9 Å². The first-order chi connectivity index (χ1) is 7.75. The number of hydrogen-bond acceptors (Lipinski definition) is 1. The van der Waals surface area contributed by atoms with Gasteiger partial charge >= 0.3 is 0 Å². The molecule has 0 aromatic heterocycles. The van der Waals surface area contributed by atoms with Crippen LogP contribution in [-0.4, -0.2) is 0 Å². The highest BCUT2D eigenvalue weighted by molar-refractivity contribution is 9.10. The standard InChI is InChI=1S/C14H12BrN/c1-11(12-7-9-13(15)10-8-12)16-14-5-3-2-4-6-14/h2-10,16H,1H2. The molecule has 2 aromatic rings. The molecule has 0 bridgehead atoms. The molecule has 0 aliphatic rings. The molecule has 0 saturated heterocycles. The largest absolute Gasteiger partial charge is 0.356 e. The molecule has 0 saturated carbocycles. The fourth-order valence-electron chi connectivity index (χ4n) is 1.42. The molecule has 0 radical (unpaired) electrons. The molecular weight excluding hydrogens is 262 g/mol. The van der Waals surface area contributed by atoms with E-state index >= 15 is 0 Å². The Morgan fingerprint density at radius 2 is 1.56 bits per heavy atom. The van der Waals surface area contributed by atoms with Gasteiger partial charge < -0.3 is 5.32 Å². The molecule has 2 rings (SSSR count). The van der Waals surface area contributed by atoms with Crippen LogP contribution in [0.4, 0.5) is 5.69 Å². The van der Waals surface area contributed by atoms with E-state index in [-0.39, 0.29) is 0 Å². The topological polar surface area (TPSA) is 12.0 Å². The van der Waals surface area contributed by atoms with Gasteiger partial charge in [-0.2, -0.15) is 0 Å². The van der Waals surface area contributed by atoms with Gasteiger partial charge in [0.25, 0.3) is 0 Å². The number of benzene rings is 2. The highest BCUT2D eigenvalue weighted by Crippen LogP contribution is 2.18. The number of rotatable bonds is 3. The lowest BCUT2D eigenvalue weighted by molar-refractivity contribution is 1.53. The summed E-state index contributed by atoms with van der Waals surface area (Å²) < 4.78 is 1.07. The van der Waals surface area contributed by atoms with E-state index in [2.05, 4.69) is 27.8 Å². The Morgan fingerprint density at radius 3 is 2.19 bits per heavy atom. The van der Waals surface area contributed by atoms with Gasteiger partial charge in [-0.25, -0.2) is 0 Å². The second kappa shape index (κ2) is 4.99. The molecule has 0 unspecified atom stereocenters. The average Bonchev–Trinajstić information content (AvgIpc) is 2.31. The summed E-state index contributed by atoms with van der Waals surface area (Å²) in [6.07, 6.45) is 0. The number of halogens is 1. The Bertz CT molecular complexity index is 474. The Hall–Kier alpha value is -1.54. The maximum Gasteiger partial charge on any atom is 0.0384 e. The molecule has 0 fully saturated rings. The minimum absolute atomic E-state index is 0.902. The average molecular weight is 274 g/mol. The van der Waals surface area contributed by atoms with Crippen LogP contribution < -0.4 is 5.32 Å². The van der Waals surface area contributed by atoms with Gasteiger partial charge in [-0.05, 0) is 29.8 Å². The molecule has 0 spiro atoms. The molecule has 16 heavy (non-hydrogen) atoms. The van der Waals surface area contributed by atoms with Crippen LogP contribution in [0.15, 0.2) is 65.6 Å². The summed E-state index contributed by atoms with van der Waals surface area (Å²) in [7, 11) is 0. The van der Waals surface area contributed by atoms with Crippen molar-refractivity contribution in [3.8, 4) is 0 Å². The Kier molecular flexibility index (Phi) is 3.42. The van der Waals surface area contributed by atoms with Crippen molar-refractivity contribution >= 4 is 27.3 Å². The summed E-state index contributed by atoms with van der Waals surface area (Å²) in [6, 6.07) is 18.1. The van der Waals surface area contributed by atoms with Gasteiger partial charge in [0.05, 0.1) is 0 Å². The molecule has 0 aliphatic carbocycles. The van der Waals surface area contributed by atoms with Crippen molar-refractivity contribution in [3.63, 3.8) is 0 Å². The second-order valence-electron chi connectivity index (χ2n) is 3.48. The van der Waals surface area contributed by atoms with Crippen molar-refractivity contribution in [2.75, 3.05) is 5.32 Å². The summed E-state index contributed by atoms with van der Waals surface area (Å²) in [5.41, 5.74) is 3.04. The maximum absolute atomic E-state index is 4.02. The van der Waals surface area contributed by atoms with E-state index in [1.54, 1.807) is 0 Å². The fourth-order valence-corrected chi connectivity index (χ4v) is 1.68. The first-order valence-electron chi connectivity index (χ1n) is 5.02. The molecule has 2 aromatic carbocycles. The third-order valence-corrected chi connectivity index (χ3v) is 2.79. The van der Waals surface area contributed by atoms with Crippen molar-refractivity contribution in [1.82, 2.24) is 0 Å². The predicted molar refractivity (Wildman–Crippen MR) is 73.2 cm³/mol. The summed E-state index contributed by atoms with van der Waals surface area (Å²) >= 11 is 3.41. The van der Waals surface area contributed by atoms with Gasteiger partial charge in [0.2, 0.25) is 0 Å². The molecule has 1 nitrogen and oxygen atoms in total. The van der Waals surface area contributed by atoms with E-state index in [9.17, 15) is 0 Å². The Balaban J connectivity index is 2.12. The molecule has 0 amide bonds. The number of nitrogens with one attached hydrogen (secondary N) is 1. The lowest BCUT2D eigenvalue weighted by Crippen LogP contribution is -1.96. The zero-order valence-corrected chi connectivity index (χ0v) is 10.4. The second-order valence-corrected chi connectivity index (χ2v) is 4.39. The smallest absolute Gasteiger partial charge is 0.0384 e. The van der Waals surface area contributed by atoms with Gasteiger partial charge in [0.1, 0.15) is 0 Å². The van der Waals surface area contributed by atoms with Gasteiger partial charge in [0.15, 0.2) is 0 Å². The highest BCUT2D eigenvalue weighted by Gasteiger charge is 1.98. The molecule has 2 heteroatoms. The number of para-hydroxylation sites is 1. The molecule has 1 N–H and O–H groups in total. The van der Waals surface area contributed by atoms with E-state index in [0.717, 1.165) is 21.4 Å². The summed E-state index contributed by atoms with van der Waals surface area (Å²) in [4.78, 5) is 0. The monoisotopic (exact) mass is 273 g/mol. The van der Waals surface area contributed by atoms with E-state index < -0.39 is 0 Å². The third kappa shape index (κ3) is 2.74. The quantitative estimate of drug-likeness (QED) is 0.866. The third-order valence-electron chi connectivity index (χ3n) is 2.26. The van der Waals surface area contributed by atoms with Crippen LogP contribution in [0.2, 0.25) is 0 Å². The van der Waals surface area contributed by atoms with E-state index in [0.29, 0.717) is 0 Å². The fraction of sp³-hybridized carbons (Fsp3) is 0. The van der Waals surface area contributed by atoms with Crippen LogP contribution in [-0.2, 0) is 0 Å². The van der Waals surface area contributed by atoms with Crippen LogP contribution in [0.3, 0.4) is 0 Å². The lowest BCUT2D eigenvalue weighted by Gasteiger charge is -2.09. The Labute approximate surface area is 104 Å². The van der Waals surface area contributed by atoms with Crippen molar-refractivity contribution in [3.05, 3.63) is 71.2 Å². The first kappa shape index (κ1) is 11.0. The minimum Gasteiger partial charge on any atom is -0.356 e. The van der Waals surface area contributed by atoms with Crippen LogP contribution in [0.5, 0.6) is 0 Å². The molecule has 0 heterocycles. The van der Waals surface area contributed by atoms with Crippen molar-refractivity contribution < 1.29 is 0 Å². The van der Waals surface area contributed by atoms with E-state index in [1.807, 2.05) is 54.6 Å². The molecule has 0 atom stereocenters. The Morgan fingerprint density at radius 1 is 0.938 bits per heavy atom. The number of anilines is 1. The zero-order valence-electron chi connectivity index (χ0n) is 8.78. The maximum atomic E-state index is 4.02. The van der Waals surface area contributed by atoms with Crippen molar-refractivity contribution in [2.24, 2.45) is 0 Å². The van der Waals surface area contributed by atoms with Gasteiger partial charge in [0, 0.05) is 15.9 Å². The van der Waals surface area contributed by atoms with Crippen LogP contribution in [0.25, 0.3) is 5.70 Å². The summed E-state index contributed by atoms with van der Waals surface area (Å²) in [5, 5.41) is 3.27. The zero-order chi connectivity index (χ0) is 11.4. The highest BCUT2D eigenvalue weighted by atomic mass is 79.9. The van der Waals surface area contributed by atoms with Gasteiger partial charge in [-0.1, -0.05) is 52.8 Å². The van der Waals surface area contributed by atoms with E-state index in [4.69, 9.17) is 0 Å². The molecule has 0 aliphatic heterocycles. The van der Waals surface area contributed by atoms with Gasteiger partial charge in [-0.3, -0.25) is 0 Å². The normalized spacial score (nSPS) is 9.81. The SMILES string of the molecule is C=C(Nc1ccccc1)c1ccc(Br)cc1. The minimum atomic E-state index is 0.902. The van der Waals surface area contributed by atoms with Crippen molar-refractivity contribution in [2.45, 2.75) is 0 Å². The summed E-state index contributed by atoms with van der Waals surface area (Å²) in [6.45, 7) is 4.02. The van der Waals surface area contributed by atoms with E-state index in [1.165, 1.54) is 0 Å². The van der Waals surface area contributed by atoms with Crippen LogP contribution in [0, 0.1) is 0 Å². The molecular formula is C14H12BrN. The van der Waals surface area contributed by atoms with Crippen molar-refractivity contribution in [1.29, 1.82) is 0 Å². The van der Waals surface area contributed by atoms with Crippen LogP contribution in [0.1, 0.15) is 5.56 Å². The lowest BCUT2D eigenvalue weighted by atomic mass is 10.1. The first-order valence-corrected chi connectivity index (χ1v) is 5.82. The molecule has 80 valence electrons. The summed E-state index contributed by atoms with van der Waals surface area (Å²) in [5.74, 6) is 0. The number of hydrogen-bond donors (Lipinski definition) is 1.